The average molecular weight is 1150 g/mol. The smallest absolute Gasteiger partial charge is 0.135 e. The first kappa shape index (κ1) is 48.0. The number of hydrogen-bond donors (Lipinski definition) is 0. The quantitative estimate of drug-likeness (QED) is 0.142. The van der Waals surface area contributed by atoms with Crippen molar-refractivity contribution in [2.24, 2.45) is 0 Å². The van der Waals surface area contributed by atoms with E-state index in [4.69, 9.17) is 9.72 Å². The third kappa shape index (κ3) is 8.44. The molecule has 0 spiro atoms. The molecule has 0 saturated carbocycles. The second-order valence-electron chi connectivity index (χ2n) is 21.7. The normalized spacial score (nSPS) is 13.2. The van der Waals surface area contributed by atoms with Crippen LogP contribution in [-0.4, -0.2) is 9.55 Å². The summed E-state index contributed by atoms with van der Waals surface area (Å²) in [6.07, 6.45) is 1.92. The number of pyridine rings is 1. The fourth-order valence-corrected chi connectivity index (χ4v) is 11.2. The molecule has 0 fully saturated rings. The van der Waals surface area contributed by atoms with Gasteiger partial charge in [-0.2, -0.15) is 6.07 Å². The van der Waals surface area contributed by atoms with E-state index in [1.165, 1.54) is 33.4 Å². The van der Waals surface area contributed by atoms with Crippen molar-refractivity contribution < 1.29 is 25.8 Å². The van der Waals surface area contributed by atoms with Crippen molar-refractivity contribution >= 4 is 44.6 Å². The number of benzene rings is 9. The molecule has 75 heavy (non-hydrogen) atoms. The molecular formula is C69H55N4OPt-3. The Morgan fingerprint density at radius 3 is 1.71 bits per heavy atom. The Morgan fingerprint density at radius 1 is 0.493 bits per heavy atom. The monoisotopic (exact) mass is 1150 g/mol. The third-order valence-electron chi connectivity index (χ3n) is 14.9. The largest absolute Gasteiger partial charge is 0.509 e. The van der Waals surface area contributed by atoms with E-state index in [0.717, 1.165) is 78.2 Å². The Bertz CT molecular complexity index is 3850. The van der Waals surface area contributed by atoms with Gasteiger partial charge in [0.2, 0.25) is 0 Å². The van der Waals surface area contributed by atoms with E-state index in [1.54, 1.807) is 0 Å². The molecule has 2 aliphatic rings. The molecule has 6 heteroatoms. The summed E-state index contributed by atoms with van der Waals surface area (Å²) in [5.41, 5.74) is 19.2. The maximum Gasteiger partial charge on any atom is 0.135 e. The second kappa shape index (κ2) is 18.7. The third-order valence-corrected chi connectivity index (χ3v) is 14.9. The van der Waals surface area contributed by atoms with Gasteiger partial charge in [0.1, 0.15) is 5.82 Å². The molecule has 1 aliphatic carbocycles. The second-order valence-corrected chi connectivity index (χ2v) is 21.7. The summed E-state index contributed by atoms with van der Waals surface area (Å²) in [5.74, 6) is 1.99. The number of rotatable bonds is 8. The maximum atomic E-state index is 7.13. The van der Waals surface area contributed by atoms with Gasteiger partial charge in [-0.15, -0.1) is 53.6 Å². The van der Waals surface area contributed by atoms with Crippen LogP contribution >= 0.6 is 0 Å². The van der Waals surface area contributed by atoms with Crippen LogP contribution in [0.15, 0.2) is 212 Å². The molecule has 13 rings (SSSR count). The molecule has 0 atom stereocenters. The van der Waals surface area contributed by atoms with Crippen LogP contribution in [0.5, 0.6) is 11.5 Å². The molecule has 3 heterocycles. The fraction of sp³-hybridized carbons (Fsp3) is 0.130. The van der Waals surface area contributed by atoms with Gasteiger partial charge in [-0.25, -0.2) is 4.98 Å². The van der Waals surface area contributed by atoms with E-state index in [1.807, 2.05) is 12.3 Å². The minimum Gasteiger partial charge on any atom is -0.509 e. The first-order chi connectivity index (χ1) is 36.0. The summed E-state index contributed by atoms with van der Waals surface area (Å²) in [6.45, 7) is 15.9. The van der Waals surface area contributed by atoms with Gasteiger partial charge < -0.3 is 19.1 Å². The Kier molecular flexibility index (Phi) is 12.0. The van der Waals surface area contributed by atoms with Gasteiger partial charge in [0, 0.05) is 78.4 Å². The molecule has 0 radical (unpaired) electrons. The first-order valence-corrected chi connectivity index (χ1v) is 25.6. The van der Waals surface area contributed by atoms with Crippen LogP contribution in [0.3, 0.4) is 0 Å². The summed E-state index contributed by atoms with van der Waals surface area (Å²) >= 11 is 0. The van der Waals surface area contributed by atoms with Crippen molar-refractivity contribution in [2.75, 3.05) is 9.80 Å². The molecule has 0 bridgehead atoms. The Labute approximate surface area is 455 Å². The first-order valence-electron chi connectivity index (χ1n) is 25.6. The van der Waals surface area contributed by atoms with Crippen LogP contribution in [-0.2, 0) is 31.9 Å². The summed E-state index contributed by atoms with van der Waals surface area (Å²) < 4.78 is 9.35. The molecule has 0 unspecified atom stereocenters. The molecule has 1 aliphatic heterocycles. The van der Waals surface area contributed by atoms with E-state index in [-0.39, 0.29) is 37.8 Å². The fourth-order valence-electron chi connectivity index (χ4n) is 11.2. The molecule has 370 valence electrons. The maximum absolute atomic E-state index is 7.13. The predicted octanol–water partition coefficient (Wildman–Crippen LogP) is 18.1. The number of fused-ring (bicyclic) bond motifs is 7. The number of hydrogen-bond acceptors (Lipinski definition) is 4. The molecule has 0 saturated heterocycles. The molecule has 9 aromatic carbocycles. The van der Waals surface area contributed by atoms with Crippen molar-refractivity contribution in [3.8, 4) is 50.7 Å². The van der Waals surface area contributed by atoms with Gasteiger partial charge in [0.25, 0.3) is 0 Å². The van der Waals surface area contributed by atoms with Crippen LogP contribution < -0.4 is 14.5 Å². The summed E-state index contributed by atoms with van der Waals surface area (Å²) in [5, 5.41) is 2.21. The molecular weight excluding hydrogens is 1100 g/mol. The van der Waals surface area contributed by atoms with Gasteiger partial charge in [-0.1, -0.05) is 187 Å². The molecule has 0 amide bonds. The number of ether oxygens (including phenoxy) is 1. The van der Waals surface area contributed by atoms with Crippen molar-refractivity contribution in [2.45, 2.75) is 58.3 Å². The minimum atomic E-state index is -0.0969. The average Bonchev–Trinajstić information content (AvgIpc) is 4.10. The Hall–Kier alpha value is -7.98. The SMILES string of the molecule is CC(C)(C)c1ccnc(-n2c3[c-]c(Oc4[c-]c(N5[CH-]N(c6c(-c7ccccc7)cc(C(C)(C)C)cc6-c6ccccc6)c6ccccc65)cc(C5c6ccccc6-c6ccccc65)c4)ccc3c3ccccc32)c1.[Pt]. The topological polar surface area (TPSA) is 33.5 Å². The minimum absolute atomic E-state index is 0. The van der Waals surface area contributed by atoms with E-state index in [9.17, 15) is 0 Å². The van der Waals surface area contributed by atoms with E-state index in [2.05, 4.69) is 275 Å². The van der Waals surface area contributed by atoms with Crippen molar-refractivity contribution in [3.63, 3.8) is 0 Å². The van der Waals surface area contributed by atoms with E-state index < -0.39 is 0 Å². The zero-order chi connectivity index (χ0) is 50.3. The molecule has 11 aromatic rings. The summed E-state index contributed by atoms with van der Waals surface area (Å²) in [7, 11) is 0. The zero-order valence-corrected chi connectivity index (χ0v) is 45.1. The number of anilines is 4. The standard InChI is InChI=1S/C69H55N4O.Pt/c1-68(2,3)48-35-36-70-65(41-48)73-61-30-18-17-27-55(61)56-34-33-51(43-64(56)73)74-52-38-47(66-57-28-15-13-25-53(57)54-26-14-16-29-58(54)66)37-50(42-52)71-44-72(63-32-20-19-31-62(63)71)67-59(45-21-9-7-10-22-45)39-49(69(4,5)6)40-60(67)46-23-11-8-12-24-46;/h7-41,44,66H,1-6H3;/q-3;. The number of para-hydroxylation sites is 3. The summed E-state index contributed by atoms with van der Waals surface area (Å²) in [4.78, 5) is 9.62. The van der Waals surface area contributed by atoms with Crippen LogP contribution in [0.2, 0.25) is 0 Å². The van der Waals surface area contributed by atoms with Crippen LogP contribution in [0.25, 0.3) is 61.0 Å². The predicted molar refractivity (Wildman–Crippen MR) is 305 cm³/mol. The van der Waals surface area contributed by atoms with Crippen LogP contribution in [0.4, 0.5) is 22.7 Å². The molecule has 0 N–H and O–H groups in total. The van der Waals surface area contributed by atoms with Gasteiger partial charge in [-0.3, -0.25) is 0 Å². The number of nitrogens with zero attached hydrogens (tertiary/aromatic N) is 4. The Morgan fingerprint density at radius 2 is 1.07 bits per heavy atom. The molecule has 5 nitrogen and oxygen atoms in total. The van der Waals surface area contributed by atoms with Gasteiger partial charge in [0.05, 0.1) is 0 Å². The van der Waals surface area contributed by atoms with Crippen LogP contribution in [0, 0.1) is 18.8 Å². The van der Waals surface area contributed by atoms with E-state index >= 15 is 0 Å². The summed E-state index contributed by atoms with van der Waals surface area (Å²) in [6, 6.07) is 81.9. The zero-order valence-electron chi connectivity index (χ0n) is 42.9. The van der Waals surface area contributed by atoms with Crippen molar-refractivity contribution in [3.05, 3.63) is 259 Å². The number of aromatic nitrogens is 2. The molecule has 2 aromatic heterocycles. The van der Waals surface area contributed by atoms with Gasteiger partial charge >= 0.3 is 0 Å². The van der Waals surface area contributed by atoms with Crippen molar-refractivity contribution in [1.29, 1.82) is 0 Å². The van der Waals surface area contributed by atoms with Crippen molar-refractivity contribution in [1.82, 2.24) is 9.55 Å². The Balaban J connectivity index is 0.00000569. The van der Waals surface area contributed by atoms with E-state index in [0.29, 0.717) is 11.5 Å². The van der Waals surface area contributed by atoms with Gasteiger partial charge in [-0.05, 0) is 103 Å². The van der Waals surface area contributed by atoms with Crippen LogP contribution in [0.1, 0.15) is 75.3 Å². The van der Waals surface area contributed by atoms with Gasteiger partial charge in [0.15, 0.2) is 0 Å².